The maximum Gasteiger partial charge on any atom is 0.263 e. The van der Waals surface area contributed by atoms with Crippen LogP contribution in [0.4, 0.5) is 5.69 Å². The minimum Gasteiger partial charge on any atom is -0.481 e. The average molecular weight is 556 g/mol. The van der Waals surface area contributed by atoms with Crippen LogP contribution in [0.3, 0.4) is 0 Å². The number of sulfonamides is 1. The summed E-state index contributed by atoms with van der Waals surface area (Å²) in [6.45, 7) is 1.88. The van der Waals surface area contributed by atoms with Gasteiger partial charge < -0.3 is 9.47 Å². The maximum atomic E-state index is 12.8. The van der Waals surface area contributed by atoms with Gasteiger partial charge in [0, 0.05) is 28.0 Å². The normalized spacial score (nSPS) is 11.5. The van der Waals surface area contributed by atoms with E-state index in [-0.39, 0.29) is 14.9 Å². The first-order valence-electron chi connectivity index (χ1n) is 10.9. The first-order chi connectivity index (χ1) is 17.7. The van der Waals surface area contributed by atoms with Gasteiger partial charge in [-0.2, -0.15) is 5.10 Å². The topological polar surface area (TPSA) is 119 Å². The molecule has 3 aromatic heterocycles. The molecule has 0 aliphatic carbocycles. The number of benzene rings is 2. The van der Waals surface area contributed by atoms with Crippen LogP contribution in [-0.2, 0) is 10.0 Å². The van der Waals surface area contributed by atoms with Gasteiger partial charge in [-0.15, -0.1) is 0 Å². The van der Waals surface area contributed by atoms with Crippen LogP contribution < -0.4 is 14.2 Å². The van der Waals surface area contributed by atoms with Crippen molar-refractivity contribution in [3.8, 4) is 28.8 Å². The van der Waals surface area contributed by atoms with Gasteiger partial charge >= 0.3 is 0 Å². The maximum absolute atomic E-state index is 12.8. The van der Waals surface area contributed by atoms with Gasteiger partial charge in [0.25, 0.3) is 10.0 Å². The molecule has 0 saturated heterocycles. The second kappa shape index (κ2) is 9.89. The summed E-state index contributed by atoms with van der Waals surface area (Å²) in [5.74, 6) is 1.30. The van der Waals surface area contributed by atoms with Crippen molar-refractivity contribution in [1.82, 2.24) is 20.2 Å². The second-order valence-corrected chi connectivity index (χ2v) is 10.4. The summed E-state index contributed by atoms with van der Waals surface area (Å²) in [5, 5.41) is 8.38. The minimum atomic E-state index is -3.95. The molecule has 0 unspecified atom stereocenters. The van der Waals surface area contributed by atoms with Crippen LogP contribution in [0.15, 0.2) is 71.8 Å². The molecule has 188 valence electrons. The van der Waals surface area contributed by atoms with Gasteiger partial charge in [0.05, 0.1) is 34.9 Å². The van der Waals surface area contributed by atoms with E-state index in [9.17, 15) is 8.42 Å². The van der Waals surface area contributed by atoms with E-state index in [0.29, 0.717) is 34.4 Å². The summed E-state index contributed by atoms with van der Waals surface area (Å²) < 4.78 is 39.3. The molecule has 0 saturated carbocycles. The quantitative estimate of drug-likeness (QED) is 0.244. The number of hydrogen-bond donors (Lipinski definition) is 2. The number of H-pyrrole nitrogens is 1. The van der Waals surface area contributed by atoms with E-state index < -0.39 is 10.0 Å². The van der Waals surface area contributed by atoms with E-state index in [4.69, 9.17) is 37.7 Å². The summed E-state index contributed by atoms with van der Waals surface area (Å²) >= 11 is 12.0. The predicted molar refractivity (Wildman–Crippen MR) is 142 cm³/mol. The third-order valence-corrected chi connectivity index (χ3v) is 7.53. The molecular weight excluding hydrogens is 537 g/mol. The Morgan fingerprint density at radius 2 is 1.78 bits per heavy atom. The highest BCUT2D eigenvalue weighted by Gasteiger charge is 2.19. The molecule has 0 aliphatic rings. The van der Waals surface area contributed by atoms with Crippen LogP contribution in [0.25, 0.3) is 22.2 Å². The monoisotopic (exact) mass is 555 g/mol. The van der Waals surface area contributed by atoms with E-state index in [2.05, 4.69) is 19.9 Å². The zero-order chi connectivity index (χ0) is 26.2. The molecule has 3 heterocycles. The van der Waals surface area contributed by atoms with Crippen molar-refractivity contribution in [2.45, 2.75) is 11.8 Å². The Labute approximate surface area is 222 Å². The molecule has 12 heteroatoms. The minimum absolute atomic E-state index is 0.0694. The highest BCUT2D eigenvalue weighted by Crippen LogP contribution is 2.34. The number of aromatic nitrogens is 4. The van der Waals surface area contributed by atoms with Crippen molar-refractivity contribution in [3.63, 3.8) is 0 Å². The number of hydrogen-bond acceptors (Lipinski definition) is 7. The van der Waals surface area contributed by atoms with Crippen molar-refractivity contribution in [2.24, 2.45) is 0 Å². The number of ether oxygens (including phenoxy) is 2. The Morgan fingerprint density at radius 3 is 2.49 bits per heavy atom. The molecule has 2 N–H and O–H groups in total. The lowest BCUT2D eigenvalue weighted by molar-refractivity contribution is 0.394. The molecule has 5 aromatic rings. The lowest BCUT2D eigenvalue weighted by atomic mass is 10.1. The van der Waals surface area contributed by atoms with Crippen molar-refractivity contribution in [2.75, 3.05) is 11.8 Å². The largest absolute Gasteiger partial charge is 0.481 e. The number of aromatic amines is 1. The van der Waals surface area contributed by atoms with Gasteiger partial charge in [-0.05, 0) is 49.4 Å². The van der Waals surface area contributed by atoms with Gasteiger partial charge in [0.2, 0.25) is 11.8 Å². The number of methoxy groups -OCH3 is 1. The standard InChI is InChI=1S/C25H19Cl2N5O4S/c1-14-24-21(31-30-14)12-20(29-25(24)36-18-8-10-23(35-2)28-13-18)15-3-6-17(7-4-15)32-37(33,34)22-11-16(26)5-9-19(22)27/h3-13,32H,1-2H3,(H,30,31). The zero-order valence-electron chi connectivity index (χ0n) is 19.5. The van der Waals surface area contributed by atoms with Gasteiger partial charge in [0.1, 0.15) is 10.6 Å². The molecular formula is C25H19Cl2N5O4S. The summed E-state index contributed by atoms with van der Waals surface area (Å²) in [4.78, 5) is 8.76. The fraction of sp³-hybridized carbons (Fsp3) is 0.0800. The molecule has 5 rings (SSSR count). The Morgan fingerprint density at radius 1 is 1.00 bits per heavy atom. The average Bonchev–Trinajstić information content (AvgIpc) is 3.27. The predicted octanol–water partition coefficient (Wildman–Crippen LogP) is 6.24. The lowest BCUT2D eigenvalue weighted by Gasteiger charge is -2.11. The van der Waals surface area contributed by atoms with Crippen LogP contribution in [0.2, 0.25) is 10.0 Å². The second-order valence-electron chi connectivity index (χ2n) is 7.95. The van der Waals surface area contributed by atoms with E-state index in [1.165, 1.54) is 25.3 Å². The summed E-state index contributed by atoms with van der Waals surface area (Å²) in [5.41, 5.74) is 3.12. The number of halogens is 2. The smallest absolute Gasteiger partial charge is 0.263 e. The van der Waals surface area contributed by atoms with Gasteiger partial charge in [0.15, 0.2) is 0 Å². The van der Waals surface area contributed by atoms with E-state index >= 15 is 0 Å². The van der Waals surface area contributed by atoms with Gasteiger partial charge in [-0.25, -0.2) is 18.4 Å². The summed E-state index contributed by atoms with van der Waals surface area (Å²) in [7, 11) is -2.41. The molecule has 0 spiro atoms. The Bertz CT molecular complexity index is 1710. The van der Waals surface area contributed by atoms with E-state index in [1.807, 2.05) is 13.0 Å². The molecule has 9 nitrogen and oxygen atoms in total. The summed E-state index contributed by atoms with van der Waals surface area (Å²) in [6, 6.07) is 16.2. The van der Waals surface area contributed by atoms with E-state index in [1.54, 1.807) is 42.6 Å². The van der Waals surface area contributed by atoms with Crippen molar-refractivity contribution >= 4 is 49.8 Å². The summed E-state index contributed by atoms with van der Waals surface area (Å²) in [6.07, 6.45) is 1.54. The molecule has 2 aromatic carbocycles. The van der Waals surface area contributed by atoms with Crippen LogP contribution in [0.5, 0.6) is 17.5 Å². The van der Waals surface area contributed by atoms with Crippen molar-refractivity contribution in [3.05, 3.63) is 82.6 Å². The fourth-order valence-electron chi connectivity index (χ4n) is 3.63. The van der Waals surface area contributed by atoms with Crippen LogP contribution in [0, 0.1) is 6.92 Å². The molecule has 0 radical (unpaired) electrons. The first-order valence-corrected chi connectivity index (χ1v) is 13.1. The molecule has 0 aliphatic heterocycles. The number of nitrogens with zero attached hydrogens (tertiary/aromatic N) is 3. The molecule has 37 heavy (non-hydrogen) atoms. The molecule has 0 bridgehead atoms. The third-order valence-electron chi connectivity index (χ3n) is 5.43. The lowest BCUT2D eigenvalue weighted by Crippen LogP contribution is -2.13. The number of nitrogens with one attached hydrogen (secondary N) is 2. The zero-order valence-corrected chi connectivity index (χ0v) is 21.8. The fourth-order valence-corrected chi connectivity index (χ4v) is 5.46. The van der Waals surface area contributed by atoms with Crippen LogP contribution in [-0.4, -0.2) is 35.7 Å². The SMILES string of the molecule is COc1ccc(Oc2nc(-c3ccc(NS(=O)(=O)c4cc(Cl)ccc4Cl)cc3)cc3n[nH]c(C)c23)cn1. The number of pyridine rings is 2. The van der Waals surface area contributed by atoms with Crippen LogP contribution >= 0.6 is 23.2 Å². The number of anilines is 1. The highest BCUT2D eigenvalue weighted by molar-refractivity contribution is 7.92. The highest BCUT2D eigenvalue weighted by atomic mass is 35.5. The van der Waals surface area contributed by atoms with E-state index in [0.717, 1.165) is 16.6 Å². The van der Waals surface area contributed by atoms with Gasteiger partial charge in [-0.3, -0.25) is 9.82 Å². The van der Waals surface area contributed by atoms with Gasteiger partial charge in [-0.1, -0.05) is 35.3 Å². The Hall–Kier alpha value is -3.86. The first kappa shape index (κ1) is 24.8. The number of fused-ring (bicyclic) bond motifs is 1. The Balaban J connectivity index is 1.45. The number of aryl methyl sites for hydroxylation is 1. The van der Waals surface area contributed by atoms with Crippen LogP contribution in [0.1, 0.15) is 5.69 Å². The molecule has 0 fully saturated rings. The Kier molecular flexibility index (Phi) is 6.63. The number of rotatable bonds is 7. The van der Waals surface area contributed by atoms with Crippen molar-refractivity contribution in [1.29, 1.82) is 0 Å². The molecule has 0 atom stereocenters. The third kappa shape index (κ3) is 5.17. The molecule has 0 amide bonds. The van der Waals surface area contributed by atoms with Crippen molar-refractivity contribution < 1.29 is 17.9 Å².